The van der Waals surface area contributed by atoms with Crippen LogP contribution in [0.5, 0.6) is 0 Å². The molecule has 0 radical (unpaired) electrons. The van der Waals surface area contributed by atoms with E-state index in [1.165, 1.54) is 6.42 Å². The lowest BCUT2D eigenvalue weighted by atomic mass is 9.99. The molecular weight excluding hydrogens is 566 g/mol. The van der Waals surface area contributed by atoms with Gasteiger partial charge in [0, 0.05) is 55.3 Å². The van der Waals surface area contributed by atoms with Crippen molar-refractivity contribution in [3.05, 3.63) is 41.0 Å². The zero-order valence-electron chi connectivity index (χ0n) is 22.8. The van der Waals surface area contributed by atoms with Crippen molar-refractivity contribution in [1.82, 2.24) is 24.6 Å². The Hall–Kier alpha value is -3.42. The van der Waals surface area contributed by atoms with Crippen molar-refractivity contribution in [2.45, 2.75) is 31.7 Å². The van der Waals surface area contributed by atoms with Crippen molar-refractivity contribution in [3.8, 4) is 0 Å². The summed E-state index contributed by atoms with van der Waals surface area (Å²) in [5, 5.41) is 6.47. The van der Waals surface area contributed by atoms with Gasteiger partial charge in [-0.15, -0.1) is 0 Å². The average molecular weight is 598 g/mol. The van der Waals surface area contributed by atoms with Gasteiger partial charge in [-0.3, -0.25) is 4.72 Å². The Balaban J connectivity index is 1.34. The van der Waals surface area contributed by atoms with E-state index in [9.17, 15) is 8.42 Å². The molecule has 3 aliphatic rings. The molecule has 14 heteroatoms. The number of hydrogen-bond acceptors (Lipinski definition) is 10. The zero-order chi connectivity index (χ0) is 28.1. The van der Waals surface area contributed by atoms with Crippen molar-refractivity contribution in [3.63, 3.8) is 0 Å². The second-order valence-corrected chi connectivity index (χ2v) is 13.0. The third-order valence-corrected chi connectivity index (χ3v) is 8.75. The van der Waals surface area contributed by atoms with Crippen LogP contribution in [0.2, 0.25) is 5.02 Å². The van der Waals surface area contributed by atoms with Gasteiger partial charge in [0.1, 0.15) is 17.5 Å². The molecule has 1 aromatic carbocycles. The van der Waals surface area contributed by atoms with Crippen LogP contribution < -0.4 is 19.4 Å². The van der Waals surface area contributed by atoms with Crippen LogP contribution in [0.25, 0.3) is 16.6 Å². The molecule has 41 heavy (non-hydrogen) atoms. The van der Waals surface area contributed by atoms with Crippen LogP contribution in [0.1, 0.15) is 37.4 Å². The van der Waals surface area contributed by atoms with Gasteiger partial charge in [0.2, 0.25) is 16.0 Å². The molecule has 216 valence electrons. The Morgan fingerprint density at radius 2 is 1.78 bits per heavy atom. The second-order valence-electron chi connectivity index (χ2n) is 10.9. The lowest BCUT2D eigenvalue weighted by molar-refractivity contribution is 0.122. The summed E-state index contributed by atoms with van der Waals surface area (Å²) in [6, 6.07) is 9.52. The molecule has 3 aliphatic heterocycles. The minimum atomic E-state index is -3.57. The number of aromatic nitrogens is 5. The molecular formula is C27H32ClN9O3S. The molecule has 12 nitrogen and oxygen atoms in total. The standard InChI is InChI=1S/C27H32ClN9O3S/c1-41(38,39)33-27-29-20-7-6-18(28)15-19(20)26(31-27)36-10-3-2-5-22(36)21-16-24-30-23(34-8-4-9-34)17-25(37(24)32-21)35-11-13-40-14-12-35/h6-7,15-17,22H,2-5,8-14H2,1H3,(H,29,31,33). The largest absolute Gasteiger partial charge is 0.378 e. The summed E-state index contributed by atoms with van der Waals surface area (Å²) in [4.78, 5) is 21.0. The SMILES string of the molecule is CS(=O)(=O)Nc1nc(N2CCCCC2c2cc3nc(N4CCC4)cc(N4CCOCC4)n3n2)c2cc(Cl)ccc2n1. The topological polar surface area (TPSA) is 121 Å². The first-order chi connectivity index (χ1) is 19.8. The lowest BCUT2D eigenvalue weighted by Gasteiger charge is -2.36. The number of ether oxygens (including phenoxy) is 1. The number of anilines is 4. The zero-order valence-corrected chi connectivity index (χ0v) is 24.4. The molecule has 1 unspecified atom stereocenters. The summed E-state index contributed by atoms with van der Waals surface area (Å²) >= 11 is 6.40. The molecule has 7 rings (SSSR count). The highest BCUT2D eigenvalue weighted by Gasteiger charge is 2.31. The maximum Gasteiger partial charge on any atom is 0.239 e. The highest BCUT2D eigenvalue weighted by atomic mass is 35.5. The van der Waals surface area contributed by atoms with E-state index >= 15 is 0 Å². The van der Waals surface area contributed by atoms with Gasteiger partial charge in [0.25, 0.3) is 0 Å². The molecule has 3 fully saturated rings. The molecule has 3 saturated heterocycles. The predicted molar refractivity (Wildman–Crippen MR) is 160 cm³/mol. The molecule has 1 N–H and O–H groups in total. The summed E-state index contributed by atoms with van der Waals surface area (Å²) in [6.45, 7) is 5.71. The third-order valence-electron chi connectivity index (χ3n) is 7.96. The van der Waals surface area contributed by atoms with E-state index in [1.54, 1.807) is 12.1 Å². The first kappa shape index (κ1) is 26.5. The van der Waals surface area contributed by atoms with Crippen LogP contribution in [0.15, 0.2) is 30.3 Å². The Morgan fingerprint density at radius 3 is 2.54 bits per heavy atom. The highest BCUT2D eigenvalue weighted by Crippen LogP contribution is 2.39. The fourth-order valence-corrected chi connectivity index (χ4v) is 6.45. The van der Waals surface area contributed by atoms with Crippen LogP contribution in [0.3, 0.4) is 0 Å². The van der Waals surface area contributed by atoms with Crippen molar-refractivity contribution in [2.75, 3.05) is 71.6 Å². The van der Waals surface area contributed by atoms with E-state index in [0.717, 1.165) is 86.6 Å². The number of fused-ring (bicyclic) bond motifs is 2. The van der Waals surface area contributed by atoms with Crippen molar-refractivity contribution in [1.29, 1.82) is 0 Å². The van der Waals surface area contributed by atoms with Gasteiger partial charge >= 0.3 is 0 Å². The van der Waals surface area contributed by atoms with Gasteiger partial charge in [-0.05, 0) is 43.9 Å². The van der Waals surface area contributed by atoms with Crippen LogP contribution in [-0.4, -0.2) is 85.2 Å². The molecule has 0 spiro atoms. The Kier molecular flexibility index (Phi) is 6.75. The summed E-state index contributed by atoms with van der Waals surface area (Å²) in [5.41, 5.74) is 2.32. The fraction of sp³-hybridized carbons (Fsp3) is 0.481. The van der Waals surface area contributed by atoms with E-state index in [1.807, 2.05) is 10.6 Å². The van der Waals surface area contributed by atoms with Crippen molar-refractivity contribution in [2.24, 2.45) is 0 Å². The summed E-state index contributed by atoms with van der Waals surface area (Å²) in [6.07, 6.45) is 5.15. The maximum atomic E-state index is 12.1. The van der Waals surface area contributed by atoms with Crippen molar-refractivity contribution < 1.29 is 13.2 Å². The fourth-order valence-electron chi connectivity index (χ4n) is 5.86. The maximum absolute atomic E-state index is 12.1. The van der Waals surface area contributed by atoms with E-state index in [-0.39, 0.29) is 12.0 Å². The van der Waals surface area contributed by atoms with E-state index in [0.29, 0.717) is 29.6 Å². The number of nitrogens with zero attached hydrogens (tertiary/aromatic N) is 8. The minimum Gasteiger partial charge on any atom is -0.378 e. The minimum absolute atomic E-state index is 0.0344. The first-order valence-corrected chi connectivity index (χ1v) is 16.3. The van der Waals surface area contributed by atoms with Crippen molar-refractivity contribution >= 4 is 61.6 Å². The second kappa shape index (κ2) is 10.4. The molecule has 6 heterocycles. The normalized spacial score (nSPS) is 20.0. The predicted octanol–water partition coefficient (Wildman–Crippen LogP) is 3.48. The number of morpholine rings is 1. The third kappa shape index (κ3) is 5.22. The van der Waals surface area contributed by atoms with Gasteiger partial charge in [0.05, 0.1) is 36.7 Å². The highest BCUT2D eigenvalue weighted by molar-refractivity contribution is 7.92. The molecule has 0 aliphatic carbocycles. The number of piperidine rings is 1. The Morgan fingerprint density at radius 1 is 0.951 bits per heavy atom. The Bertz CT molecular complexity index is 1720. The van der Waals surface area contributed by atoms with Gasteiger partial charge in [-0.25, -0.2) is 18.4 Å². The molecule has 0 saturated carbocycles. The molecule has 3 aromatic heterocycles. The molecule has 0 bridgehead atoms. The van der Waals surface area contributed by atoms with Gasteiger partial charge < -0.3 is 19.4 Å². The van der Waals surface area contributed by atoms with E-state index in [2.05, 4.69) is 36.5 Å². The number of hydrogen-bond donors (Lipinski definition) is 1. The van der Waals surface area contributed by atoms with Gasteiger partial charge in [-0.1, -0.05) is 11.6 Å². The van der Waals surface area contributed by atoms with Crippen LogP contribution in [-0.2, 0) is 14.8 Å². The Labute approximate surface area is 243 Å². The average Bonchev–Trinajstić information content (AvgIpc) is 3.35. The van der Waals surface area contributed by atoms with E-state index in [4.69, 9.17) is 31.4 Å². The summed E-state index contributed by atoms with van der Waals surface area (Å²) < 4.78 is 34.2. The quantitative estimate of drug-likeness (QED) is 0.353. The number of halogens is 1. The monoisotopic (exact) mass is 597 g/mol. The molecule has 4 aromatic rings. The van der Waals surface area contributed by atoms with Gasteiger partial charge in [0.15, 0.2) is 5.65 Å². The molecule has 1 atom stereocenters. The number of nitrogens with one attached hydrogen (secondary N) is 1. The smallest absolute Gasteiger partial charge is 0.239 e. The first-order valence-electron chi connectivity index (χ1n) is 14.0. The van der Waals surface area contributed by atoms with Crippen LogP contribution >= 0.6 is 11.6 Å². The number of rotatable bonds is 6. The number of sulfonamides is 1. The summed E-state index contributed by atoms with van der Waals surface area (Å²) in [7, 11) is -3.57. The number of benzene rings is 1. The van der Waals surface area contributed by atoms with Crippen LogP contribution in [0, 0.1) is 0 Å². The lowest BCUT2D eigenvalue weighted by Crippen LogP contribution is -2.40. The van der Waals surface area contributed by atoms with Gasteiger partial charge in [-0.2, -0.15) is 14.6 Å². The van der Waals surface area contributed by atoms with E-state index < -0.39 is 10.0 Å². The van der Waals surface area contributed by atoms with Crippen LogP contribution in [0.4, 0.5) is 23.4 Å². The molecule has 0 amide bonds. The summed E-state index contributed by atoms with van der Waals surface area (Å²) in [5.74, 6) is 2.66.